The van der Waals surface area contributed by atoms with Crippen LogP contribution in [-0.2, 0) is 6.42 Å². The summed E-state index contributed by atoms with van der Waals surface area (Å²) in [4.78, 5) is 0. The summed E-state index contributed by atoms with van der Waals surface area (Å²) >= 11 is 0. The average molecular weight is 204 g/mol. The lowest BCUT2D eigenvalue weighted by Gasteiger charge is -2.16. The minimum atomic E-state index is 0.404. The largest absolute Gasteiger partial charge is 0.384 e. The van der Waals surface area contributed by atoms with Gasteiger partial charge in [-0.3, -0.25) is 0 Å². The van der Waals surface area contributed by atoms with Crippen LogP contribution in [0.2, 0.25) is 0 Å². The maximum Gasteiger partial charge on any atom is 0.0372 e. The molecule has 0 unspecified atom stereocenters. The van der Waals surface area contributed by atoms with Crippen molar-refractivity contribution in [1.29, 1.82) is 0 Å². The van der Waals surface area contributed by atoms with Gasteiger partial charge < -0.3 is 11.1 Å². The Bertz CT molecular complexity index is 329. The third-order valence-electron chi connectivity index (χ3n) is 3.44. The molecule has 2 rings (SSSR count). The summed E-state index contributed by atoms with van der Waals surface area (Å²) in [6.07, 6.45) is 3.65. The molecule has 0 saturated heterocycles. The molecular formula is C13H20N2. The molecule has 82 valence electrons. The first-order valence-corrected chi connectivity index (χ1v) is 5.81. The van der Waals surface area contributed by atoms with Crippen molar-refractivity contribution in [2.75, 3.05) is 18.4 Å². The second-order valence-electron chi connectivity index (χ2n) is 4.57. The molecule has 2 heteroatoms. The summed E-state index contributed by atoms with van der Waals surface area (Å²) in [7, 11) is 0. The molecular weight excluding hydrogens is 184 g/mol. The smallest absolute Gasteiger partial charge is 0.0372 e. The fourth-order valence-electron chi connectivity index (χ4n) is 1.91. The van der Waals surface area contributed by atoms with E-state index in [1.807, 2.05) is 0 Å². The van der Waals surface area contributed by atoms with Gasteiger partial charge >= 0.3 is 0 Å². The van der Waals surface area contributed by atoms with Crippen LogP contribution >= 0.6 is 0 Å². The highest BCUT2D eigenvalue weighted by Crippen LogP contribution is 2.44. The van der Waals surface area contributed by atoms with Crippen molar-refractivity contribution in [3.8, 4) is 0 Å². The first kappa shape index (κ1) is 10.5. The van der Waals surface area contributed by atoms with Crippen LogP contribution in [0.4, 0.5) is 5.69 Å². The van der Waals surface area contributed by atoms with Gasteiger partial charge in [0.25, 0.3) is 0 Å². The van der Waals surface area contributed by atoms with E-state index in [-0.39, 0.29) is 0 Å². The van der Waals surface area contributed by atoms with Crippen molar-refractivity contribution in [2.24, 2.45) is 11.1 Å². The standard InChI is InChI=1S/C13H20N2/c1-2-11-5-3-4-6-12(11)15-10-13(9-14)7-8-13/h3-6,15H,2,7-10,14H2,1H3. The van der Waals surface area contributed by atoms with Crippen LogP contribution in [0.15, 0.2) is 24.3 Å². The van der Waals surface area contributed by atoms with Gasteiger partial charge in [-0.2, -0.15) is 0 Å². The van der Waals surface area contributed by atoms with Gasteiger partial charge in [-0.15, -0.1) is 0 Å². The number of nitrogens with two attached hydrogens (primary N) is 1. The average Bonchev–Trinajstić information content (AvgIpc) is 3.07. The quantitative estimate of drug-likeness (QED) is 0.773. The number of benzene rings is 1. The molecule has 0 spiro atoms. The van der Waals surface area contributed by atoms with E-state index >= 15 is 0 Å². The van der Waals surface area contributed by atoms with Gasteiger partial charge in [0, 0.05) is 12.2 Å². The van der Waals surface area contributed by atoms with E-state index < -0.39 is 0 Å². The molecule has 0 bridgehead atoms. The van der Waals surface area contributed by atoms with Crippen LogP contribution in [0.1, 0.15) is 25.3 Å². The molecule has 0 amide bonds. The van der Waals surface area contributed by atoms with E-state index in [0.29, 0.717) is 5.41 Å². The molecule has 1 aliphatic rings. The van der Waals surface area contributed by atoms with Gasteiger partial charge in [-0.05, 0) is 42.9 Å². The Morgan fingerprint density at radius 2 is 2.07 bits per heavy atom. The minimum Gasteiger partial charge on any atom is -0.384 e. The van der Waals surface area contributed by atoms with Crippen molar-refractivity contribution in [2.45, 2.75) is 26.2 Å². The van der Waals surface area contributed by atoms with Crippen molar-refractivity contribution < 1.29 is 0 Å². The van der Waals surface area contributed by atoms with Gasteiger partial charge in [0.15, 0.2) is 0 Å². The highest BCUT2D eigenvalue weighted by molar-refractivity contribution is 5.51. The monoisotopic (exact) mass is 204 g/mol. The van der Waals surface area contributed by atoms with E-state index in [1.54, 1.807) is 0 Å². The van der Waals surface area contributed by atoms with Crippen molar-refractivity contribution in [1.82, 2.24) is 0 Å². The lowest BCUT2D eigenvalue weighted by atomic mass is 10.1. The number of aryl methyl sites for hydroxylation is 1. The second kappa shape index (κ2) is 4.23. The summed E-state index contributed by atoms with van der Waals surface area (Å²) in [5, 5.41) is 3.54. The van der Waals surface area contributed by atoms with Crippen molar-refractivity contribution in [3.05, 3.63) is 29.8 Å². The number of hydrogen-bond acceptors (Lipinski definition) is 2. The summed E-state index contributed by atoms with van der Waals surface area (Å²) in [6, 6.07) is 8.53. The SMILES string of the molecule is CCc1ccccc1NCC1(CN)CC1. The molecule has 3 N–H and O–H groups in total. The molecule has 1 saturated carbocycles. The van der Waals surface area contributed by atoms with Crippen LogP contribution in [0.5, 0.6) is 0 Å². The predicted molar refractivity (Wildman–Crippen MR) is 65.0 cm³/mol. The third kappa shape index (κ3) is 2.32. The summed E-state index contributed by atoms with van der Waals surface area (Å²) in [6.45, 7) is 4.03. The fourth-order valence-corrected chi connectivity index (χ4v) is 1.91. The molecule has 0 aliphatic heterocycles. The van der Waals surface area contributed by atoms with E-state index in [0.717, 1.165) is 19.5 Å². The number of hydrogen-bond donors (Lipinski definition) is 2. The summed E-state index contributed by atoms with van der Waals surface area (Å²) in [5.74, 6) is 0. The highest BCUT2D eigenvalue weighted by atomic mass is 14.9. The maximum atomic E-state index is 5.76. The van der Waals surface area contributed by atoms with Gasteiger partial charge in [-0.25, -0.2) is 0 Å². The number of rotatable bonds is 5. The van der Waals surface area contributed by atoms with Gasteiger partial charge in [0.05, 0.1) is 0 Å². The Morgan fingerprint density at radius 3 is 2.67 bits per heavy atom. The molecule has 2 nitrogen and oxygen atoms in total. The molecule has 1 aliphatic carbocycles. The van der Waals surface area contributed by atoms with Crippen LogP contribution in [-0.4, -0.2) is 13.1 Å². The third-order valence-corrected chi connectivity index (χ3v) is 3.44. The van der Waals surface area contributed by atoms with Crippen LogP contribution in [0, 0.1) is 5.41 Å². The lowest BCUT2D eigenvalue weighted by molar-refractivity contribution is 0.555. The predicted octanol–water partition coefficient (Wildman–Crippen LogP) is 2.40. The van der Waals surface area contributed by atoms with Gasteiger partial charge in [0.2, 0.25) is 0 Å². The second-order valence-corrected chi connectivity index (χ2v) is 4.57. The minimum absolute atomic E-state index is 0.404. The number of anilines is 1. The molecule has 0 atom stereocenters. The van der Waals surface area contributed by atoms with E-state index in [9.17, 15) is 0 Å². The highest BCUT2D eigenvalue weighted by Gasteiger charge is 2.40. The number of nitrogens with one attached hydrogen (secondary N) is 1. The fraction of sp³-hybridized carbons (Fsp3) is 0.538. The van der Waals surface area contributed by atoms with E-state index in [1.165, 1.54) is 24.1 Å². The summed E-state index contributed by atoms with van der Waals surface area (Å²) < 4.78 is 0. The Labute approximate surface area is 91.9 Å². The Balaban J connectivity index is 1.98. The molecule has 1 fully saturated rings. The Hall–Kier alpha value is -1.02. The molecule has 1 aromatic carbocycles. The van der Waals surface area contributed by atoms with E-state index in [2.05, 4.69) is 36.5 Å². The number of para-hydroxylation sites is 1. The molecule has 1 aromatic rings. The van der Waals surface area contributed by atoms with Crippen LogP contribution in [0.25, 0.3) is 0 Å². The molecule has 0 aromatic heterocycles. The zero-order chi connectivity index (χ0) is 10.7. The summed E-state index contributed by atoms with van der Waals surface area (Å²) in [5.41, 5.74) is 8.84. The molecule has 0 radical (unpaired) electrons. The lowest BCUT2D eigenvalue weighted by Crippen LogP contribution is -2.24. The van der Waals surface area contributed by atoms with Gasteiger partial charge in [0.1, 0.15) is 0 Å². The maximum absolute atomic E-state index is 5.76. The van der Waals surface area contributed by atoms with Crippen molar-refractivity contribution >= 4 is 5.69 Å². The van der Waals surface area contributed by atoms with Gasteiger partial charge in [-0.1, -0.05) is 25.1 Å². The zero-order valence-corrected chi connectivity index (χ0v) is 9.42. The van der Waals surface area contributed by atoms with Crippen LogP contribution in [0.3, 0.4) is 0 Å². The van der Waals surface area contributed by atoms with Crippen LogP contribution < -0.4 is 11.1 Å². The zero-order valence-electron chi connectivity index (χ0n) is 9.42. The normalized spacial score (nSPS) is 17.5. The first-order chi connectivity index (χ1) is 7.29. The Morgan fingerprint density at radius 1 is 1.33 bits per heavy atom. The van der Waals surface area contributed by atoms with E-state index in [4.69, 9.17) is 5.73 Å². The first-order valence-electron chi connectivity index (χ1n) is 5.81. The topological polar surface area (TPSA) is 38.0 Å². The Kier molecular flexibility index (Phi) is 2.96. The molecule has 0 heterocycles. The molecule has 15 heavy (non-hydrogen) atoms. The van der Waals surface area contributed by atoms with Crippen molar-refractivity contribution in [3.63, 3.8) is 0 Å².